The first-order valence-corrected chi connectivity index (χ1v) is 9.04. The molecule has 2 aromatic heterocycles. The fourth-order valence-corrected chi connectivity index (χ4v) is 3.32. The summed E-state index contributed by atoms with van der Waals surface area (Å²) in [5.41, 5.74) is 9.11. The number of nitrogens with two attached hydrogens (primary N) is 1. The molecule has 4 rings (SSSR count). The number of carbonyl (C=O) groups is 1. The molecule has 2 N–H and O–H groups in total. The van der Waals surface area contributed by atoms with Crippen molar-refractivity contribution in [1.29, 1.82) is 0 Å². The number of aromatic nitrogens is 2. The normalized spacial score (nSPS) is 10.9. The standard InChI is InChI=1S/C22H15ClFN3O2/c1-29-22(28)13-4-2-3-12(7-13)14-8-16(21(25)27-10-14)20-9-15-17(11-26-20)19(24)6-5-18(15)23/h2-11H,1H3,(H2,25,27). The fraction of sp³-hybridized carbons (Fsp3) is 0.0455. The van der Waals surface area contributed by atoms with Gasteiger partial charge in [0.2, 0.25) is 0 Å². The summed E-state index contributed by atoms with van der Waals surface area (Å²) in [7, 11) is 1.33. The molecule has 2 aromatic carbocycles. The Kier molecular flexibility index (Phi) is 4.86. The van der Waals surface area contributed by atoms with Crippen LogP contribution in [-0.4, -0.2) is 23.0 Å². The number of carbonyl (C=O) groups excluding carboxylic acids is 1. The summed E-state index contributed by atoms with van der Waals surface area (Å²) in [6, 6.07) is 13.3. The Morgan fingerprint density at radius 3 is 2.66 bits per heavy atom. The first-order chi connectivity index (χ1) is 14.0. The molecule has 144 valence electrons. The van der Waals surface area contributed by atoms with E-state index >= 15 is 0 Å². The molecule has 0 spiro atoms. The predicted molar refractivity (Wildman–Crippen MR) is 111 cm³/mol. The third kappa shape index (κ3) is 3.50. The molecule has 5 nitrogen and oxygen atoms in total. The largest absolute Gasteiger partial charge is 0.465 e. The number of ether oxygens (including phenoxy) is 1. The van der Waals surface area contributed by atoms with E-state index in [0.717, 1.165) is 11.1 Å². The highest BCUT2D eigenvalue weighted by molar-refractivity contribution is 6.35. The summed E-state index contributed by atoms with van der Waals surface area (Å²) in [5.74, 6) is -0.552. The zero-order chi connectivity index (χ0) is 20.5. The number of benzene rings is 2. The number of esters is 1. The molecule has 29 heavy (non-hydrogen) atoms. The third-order valence-corrected chi connectivity index (χ3v) is 4.94. The van der Waals surface area contributed by atoms with E-state index in [2.05, 4.69) is 9.97 Å². The highest BCUT2D eigenvalue weighted by Gasteiger charge is 2.13. The Morgan fingerprint density at radius 1 is 1.03 bits per heavy atom. The Hall–Kier alpha value is -3.51. The average Bonchev–Trinajstić information content (AvgIpc) is 2.76. The number of nitrogens with zero attached hydrogens (tertiary/aromatic N) is 2. The monoisotopic (exact) mass is 407 g/mol. The van der Waals surface area contributed by atoms with Crippen LogP contribution in [0.2, 0.25) is 5.02 Å². The van der Waals surface area contributed by atoms with Crippen LogP contribution in [0.4, 0.5) is 10.2 Å². The first kappa shape index (κ1) is 18.8. The van der Waals surface area contributed by atoms with Gasteiger partial charge in [0.05, 0.1) is 18.4 Å². The van der Waals surface area contributed by atoms with Crippen molar-refractivity contribution in [2.45, 2.75) is 0 Å². The molecule has 0 aliphatic carbocycles. The van der Waals surface area contributed by atoms with Gasteiger partial charge in [0.15, 0.2) is 0 Å². The number of anilines is 1. The number of hydrogen-bond acceptors (Lipinski definition) is 5. The van der Waals surface area contributed by atoms with Gasteiger partial charge in [-0.1, -0.05) is 23.7 Å². The van der Waals surface area contributed by atoms with Gasteiger partial charge < -0.3 is 10.5 Å². The molecule has 0 unspecified atom stereocenters. The van der Waals surface area contributed by atoms with E-state index in [1.807, 2.05) is 12.1 Å². The molecule has 0 amide bonds. The van der Waals surface area contributed by atoms with Crippen molar-refractivity contribution in [2.75, 3.05) is 12.8 Å². The second-order valence-electron chi connectivity index (χ2n) is 6.37. The Labute approximate surface area is 170 Å². The third-order valence-electron chi connectivity index (χ3n) is 4.61. The minimum Gasteiger partial charge on any atom is -0.465 e. The lowest BCUT2D eigenvalue weighted by Crippen LogP contribution is -2.01. The van der Waals surface area contributed by atoms with Crippen molar-refractivity contribution in [3.05, 3.63) is 77.3 Å². The number of nitrogen functional groups attached to an aromatic ring is 1. The number of methoxy groups -OCH3 is 1. The van der Waals surface area contributed by atoms with Crippen LogP contribution in [0.25, 0.3) is 33.2 Å². The van der Waals surface area contributed by atoms with E-state index in [1.165, 1.54) is 25.4 Å². The molecule has 0 saturated carbocycles. The van der Waals surface area contributed by atoms with E-state index in [4.69, 9.17) is 22.1 Å². The van der Waals surface area contributed by atoms with E-state index in [-0.39, 0.29) is 5.82 Å². The summed E-state index contributed by atoms with van der Waals surface area (Å²) >= 11 is 6.23. The average molecular weight is 408 g/mol. The summed E-state index contributed by atoms with van der Waals surface area (Å²) in [6.07, 6.45) is 3.04. The van der Waals surface area contributed by atoms with E-state index in [1.54, 1.807) is 30.5 Å². The van der Waals surface area contributed by atoms with Crippen molar-refractivity contribution >= 4 is 34.2 Å². The van der Waals surface area contributed by atoms with Gasteiger partial charge >= 0.3 is 5.97 Å². The Balaban J connectivity index is 1.84. The van der Waals surface area contributed by atoms with Crippen LogP contribution in [0.5, 0.6) is 0 Å². The lowest BCUT2D eigenvalue weighted by Gasteiger charge is -2.10. The van der Waals surface area contributed by atoms with Crippen LogP contribution in [-0.2, 0) is 4.74 Å². The quantitative estimate of drug-likeness (QED) is 0.476. The van der Waals surface area contributed by atoms with Gasteiger partial charge in [-0.15, -0.1) is 0 Å². The van der Waals surface area contributed by atoms with Crippen molar-refractivity contribution < 1.29 is 13.9 Å². The van der Waals surface area contributed by atoms with Crippen molar-refractivity contribution in [3.8, 4) is 22.4 Å². The summed E-state index contributed by atoms with van der Waals surface area (Å²) < 4.78 is 18.8. The van der Waals surface area contributed by atoms with Gasteiger partial charge in [0, 0.05) is 39.3 Å². The lowest BCUT2D eigenvalue weighted by atomic mass is 10.0. The molecule has 0 atom stereocenters. The molecule has 0 fully saturated rings. The van der Waals surface area contributed by atoms with Gasteiger partial charge in [0.25, 0.3) is 0 Å². The number of fused-ring (bicyclic) bond motifs is 1. The van der Waals surface area contributed by atoms with Gasteiger partial charge in [-0.05, 0) is 42.0 Å². The fourth-order valence-electron chi connectivity index (χ4n) is 3.10. The minimum absolute atomic E-state index is 0.275. The molecule has 0 saturated heterocycles. The highest BCUT2D eigenvalue weighted by Crippen LogP contribution is 2.33. The van der Waals surface area contributed by atoms with Gasteiger partial charge in [-0.2, -0.15) is 0 Å². The number of halogens is 2. The van der Waals surface area contributed by atoms with E-state index < -0.39 is 11.8 Å². The maximum atomic E-state index is 14.0. The highest BCUT2D eigenvalue weighted by atomic mass is 35.5. The molecule has 4 aromatic rings. The predicted octanol–water partition coefficient (Wildman–Crippen LogP) is 5.13. The molecule has 0 aliphatic heterocycles. The number of pyridine rings is 2. The second kappa shape index (κ2) is 7.48. The molecule has 7 heteroatoms. The molecule has 0 radical (unpaired) electrons. The van der Waals surface area contributed by atoms with Crippen molar-refractivity contribution in [1.82, 2.24) is 9.97 Å². The summed E-state index contributed by atoms with van der Waals surface area (Å²) in [5, 5.41) is 1.28. The van der Waals surface area contributed by atoms with Gasteiger partial charge in [-0.25, -0.2) is 14.2 Å². The van der Waals surface area contributed by atoms with E-state index in [0.29, 0.717) is 32.6 Å². The van der Waals surface area contributed by atoms with Crippen LogP contribution in [0.15, 0.2) is 60.9 Å². The smallest absolute Gasteiger partial charge is 0.337 e. The van der Waals surface area contributed by atoms with Gasteiger partial charge in [0.1, 0.15) is 11.6 Å². The zero-order valence-electron chi connectivity index (χ0n) is 15.3. The summed E-state index contributed by atoms with van der Waals surface area (Å²) in [6.45, 7) is 0. The summed E-state index contributed by atoms with van der Waals surface area (Å²) in [4.78, 5) is 20.4. The van der Waals surface area contributed by atoms with Crippen molar-refractivity contribution in [2.24, 2.45) is 0 Å². The lowest BCUT2D eigenvalue weighted by molar-refractivity contribution is 0.0601. The zero-order valence-corrected chi connectivity index (χ0v) is 16.1. The topological polar surface area (TPSA) is 78.1 Å². The molecular weight excluding hydrogens is 393 g/mol. The maximum absolute atomic E-state index is 14.0. The van der Waals surface area contributed by atoms with Crippen molar-refractivity contribution in [3.63, 3.8) is 0 Å². The molecule has 0 bridgehead atoms. The van der Waals surface area contributed by atoms with E-state index in [9.17, 15) is 9.18 Å². The van der Waals surface area contributed by atoms with Crippen LogP contribution in [0.3, 0.4) is 0 Å². The molecule has 2 heterocycles. The SMILES string of the molecule is COC(=O)c1cccc(-c2cnc(N)c(-c3cc4c(Cl)ccc(F)c4cn3)c2)c1. The molecular formula is C22H15ClFN3O2. The van der Waals surface area contributed by atoms with Crippen LogP contribution >= 0.6 is 11.6 Å². The Morgan fingerprint density at radius 2 is 1.86 bits per heavy atom. The Bertz CT molecular complexity index is 1260. The van der Waals surface area contributed by atoms with Crippen LogP contribution < -0.4 is 5.73 Å². The number of hydrogen-bond donors (Lipinski definition) is 1. The molecule has 0 aliphatic rings. The first-order valence-electron chi connectivity index (χ1n) is 8.66. The van der Waals surface area contributed by atoms with Crippen LogP contribution in [0, 0.1) is 5.82 Å². The van der Waals surface area contributed by atoms with Gasteiger partial charge in [-0.3, -0.25) is 4.98 Å². The maximum Gasteiger partial charge on any atom is 0.337 e. The number of rotatable bonds is 3. The van der Waals surface area contributed by atoms with Crippen LogP contribution in [0.1, 0.15) is 10.4 Å². The minimum atomic E-state index is -0.427. The second-order valence-corrected chi connectivity index (χ2v) is 6.78.